The average molecular weight is 295 g/mol. The van der Waals surface area contributed by atoms with Gasteiger partial charge in [0.25, 0.3) is 5.91 Å². The second-order valence-electron chi connectivity index (χ2n) is 4.95. The Morgan fingerprint density at radius 3 is 2.41 bits per heavy atom. The van der Waals surface area contributed by atoms with Crippen molar-refractivity contribution in [2.24, 2.45) is 0 Å². The first-order valence-electron chi connectivity index (χ1n) is 7.13. The molecule has 0 saturated heterocycles. The Morgan fingerprint density at radius 1 is 1.18 bits per heavy atom. The fourth-order valence-electron chi connectivity index (χ4n) is 2.10. The number of amides is 1. The Morgan fingerprint density at radius 2 is 1.86 bits per heavy atom. The lowest BCUT2D eigenvalue weighted by Crippen LogP contribution is -2.33. The van der Waals surface area contributed by atoms with Crippen molar-refractivity contribution in [2.75, 3.05) is 0 Å². The van der Waals surface area contributed by atoms with Crippen LogP contribution in [0, 0.1) is 11.3 Å². The van der Waals surface area contributed by atoms with Crippen LogP contribution in [0.15, 0.2) is 42.7 Å². The summed E-state index contributed by atoms with van der Waals surface area (Å²) < 4.78 is 0. The number of nitrogens with one attached hydrogen (secondary N) is 2. The molecule has 0 aliphatic heterocycles. The van der Waals surface area contributed by atoms with Crippen LogP contribution in [0.3, 0.4) is 0 Å². The third-order valence-corrected chi connectivity index (χ3v) is 3.31. The molecule has 2 N–H and O–H groups in total. The maximum absolute atomic E-state index is 12.1. The molecule has 5 nitrogen and oxygen atoms in total. The van der Waals surface area contributed by atoms with Crippen LogP contribution in [0.1, 0.15) is 46.0 Å². The number of nitriles is 1. The number of carbonyl (C=O) groups is 2. The SMILES string of the molecule is CCC[C@@H](C#N)NC(=O)c1ccc(C(=O)c2cc[nH]c2)cc1. The number of aromatic amines is 1. The van der Waals surface area contributed by atoms with Crippen molar-refractivity contribution in [3.05, 3.63) is 59.4 Å². The lowest BCUT2D eigenvalue weighted by Gasteiger charge is -2.10. The minimum atomic E-state index is -0.487. The molecule has 2 rings (SSSR count). The first-order valence-corrected chi connectivity index (χ1v) is 7.13. The van der Waals surface area contributed by atoms with Crippen LogP contribution >= 0.6 is 0 Å². The summed E-state index contributed by atoms with van der Waals surface area (Å²) in [6, 6.07) is 9.69. The topological polar surface area (TPSA) is 85.8 Å². The Hall–Kier alpha value is -2.87. The van der Waals surface area contributed by atoms with Crippen LogP contribution in [-0.4, -0.2) is 22.7 Å². The largest absolute Gasteiger partial charge is 0.367 e. The number of benzene rings is 1. The summed E-state index contributed by atoms with van der Waals surface area (Å²) in [7, 11) is 0. The van der Waals surface area contributed by atoms with Gasteiger partial charge < -0.3 is 10.3 Å². The van der Waals surface area contributed by atoms with Crippen molar-refractivity contribution in [1.29, 1.82) is 5.26 Å². The van der Waals surface area contributed by atoms with Gasteiger partial charge >= 0.3 is 0 Å². The predicted molar refractivity (Wildman–Crippen MR) is 82.4 cm³/mol. The lowest BCUT2D eigenvalue weighted by atomic mass is 10.0. The van der Waals surface area contributed by atoms with Gasteiger partial charge in [0, 0.05) is 29.1 Å². The van der Waals surface area contributed by atoms with Gasteiger partial charge in [-0.15, -0.1) is 0 Å². The number of H-pyrrole nitrogens is 1. The van der Waals surface area contributed by atoms with Crippen LogP contribution in [0.25, 0.3) is 0 Å². The van der Waals surface area contributed by atoms with E-state index in [0.717, 1.165) is 6.42 Å². The normalized spacial score (nSPS) is 11.5. The van der Waals surface area contributed by atoms with Crippen LogP contribution in [0.2, 0.25) is 0 Å². The van der Waals surface area contributed by atoms with Crippen molar-refractivity contribution in [3.8, 4) is 6.07 Å². The molecule has 1 aromatic heterocycles. The third-order valence-electron chi connectivity index (χ3n) is 3.31. The molecule has 0 bridgehead atoms. The zero-order valence-corrected chi connectivity index (χ0v) is 12.3. The highest BCUT2D eigenvalue weighted by atomic mass is 16.1. The minimum absolute atomic E-state index is 0.103. The fraction of sp³-hybridized carbons (Fsp3) is 0.235. The summed E-state index contributed by atoms with van der Waals surface area (Å²) in [6.45, 7) is 1.96. The zero-order valence-electron chi connectivity index (χ0n) is 12.3. The number of aromatic nitrogens is 1. The molecular weight excluding hydrogens is 278 g/mol. The monoisotopic (exact) mass is 295 g/mol. The van der Waals surface area contributed by atoms with E-state index in [1.54, 1.807) is 42.7 Å². The molecule has 0 spiro atoms. The van der Waals surface area contributed by atoms with Crippen molar-refractivity contribution < 1.29 is 9.59 Å². The summed E-state index contributed by atoms with van der Waals surface area (Å²) in [5.74, 6) is -0.408. The number of hydrogen-bond acceptors (Lipinski definition) is 3. The highest BCUT2D eigenvalue weighted by Gasteiger charge is 2.14. The van der Waals surface area contributed by atoms with Crippen LogP contribution in [0.4, 0.5) is 0 Å². The molecule has 0 radical (unpaired) electrons. The van der Waals surface area contributed by atoms with Crippen molar-refractivity contribution >= 4 is 11.7 Å². The summed E-state index contributed by atoms with van der Waals surface area (Å²) in [5, 5.41) is 11.6. The number of hydrogen-bond donors (Lipinski definition) is 2. The van der Waals surface area contributed by atoms with Gasteiger partial charge in [0.2, 0.25) is 0 Å². The molecule has 0 fully saturated rings. The number of carbonyl (C=O) groups excluding carboxylic acids is 2. The van der Waals surface area contributed by atoms with Gasteiger partial charge in [0.15, 0.2) is 5.78 Å². The van der Waals surface area contributed by atoms with E-state index in [2.05, 4.69) is 16.4 Å². The Bertz CT molecular complexity index is 682. The molecular formula is C17H17N3O2. The van der Waals surface area contributed by atoms with E-state index in [4.69, 9.17) is 5.26 Å². The zero-order chi connectivity index (χ0) is 15.9. The van der Waals surface area contributed by atoms with E-state index in [1.165, 1.54) is 0 Å². The highest BCUT2D eigenvalue weighted by Crippen LogP contribution is 2.11. The second kappa shape index (κ2) is 7.23. The molecule has 0 aliphatic carbocycles. The smallest absolute Gasteiger partial charge is 0.252 e. The van der Waals surface area contributed by atoms with Gasteiger partial charge in [-0.25, -0.2) is 0 Å². The number of nitrogens with zero attached hydrogens (tertiary/aromatic N) is 1. The molecule has 2 aromatic rings. The van der Waals surface area contributed by atoms with Crippen LogP contribution < -0.4 is 5.32 Å². The van der Waals surface area contributed by atoms with E-state index in [-0.39, 0.29) is 11.7 Å². The molecule has 1 heterocycles. The van der Waals surface area contributed by atoms with Gasteiger partial charge in [-0.05, 0) is 24.6 Å². The third kappa shape index (κ3) is 3.61. The molecule has 1 atom stereocenters. The van der Waals surface area contributed by atoms with Crippen LogP contribution in [0.5, 0.6) is 0 Å². The minimum Gasteiger partial charge on any atom is -0.367 e. The van der Waals surface area contributed by atoms with E-state index >= 15 is 0 Å². The molecule has 0 unspecified atom stereocenters. The summed E-state index contributed by atoms with van der Waals surface area (Å²) >= 11 is 0. The second-order valence-corrected chi connectivity index (χ2v) is 4.95. The number of ketones is 1. The van der Waals surface area contributed by atoms with Gasteiger partial charge in [-0.2, -0.15) is 5.26 Å². The number of rotatable bonds is 6. The molecule has 0 saturated carbocycles. The Labute approximate surface area is 129 Å². The van der Waals surface area contributed by atoms with Gasteiger partial charge in [0.05, 0.1) is 6.07 Å². The first kappa shape index (κ1) is 15.5. The van der Waals surface area contributed by atoms with E-state index in [0.29, 0.717) is 23.1 Å². The molecule has 22 heavy (non-hydrogen) atoms. The van der Waals surface area contributed by atoms with Crippen LogP contribution in [-0.2, 0) is 0 Å². The predicted octanol–water partition coefficient (Wildman–Crippen LogP) is 2.67. The van der Waals surface area contributed by atoms with Gasteiger partial charge in [0.1, 0.15) is 6.04 Å². The van der Waals surface area contributed by atoms with Crippen molar-refractivity contribution in [1.82, 2.24) is 10.3 Å². The van der Waals surface area contributed by atoms with Gasteiger partial charge in [-0.1, -0.05) is 25.5 Å². The summed E-state index contributed by atoms with van der Waals surface area (Å²) in [6.07, 6.45) is 4.75. The molecule has 1 aromatic carbocycles. The molecule has 1 amide bonds. The summed E-state index contributed by atoms with van der Waals surface area (Å²) in [4.78, 5) is 27.0. The molecule has 0 aliphatic rings. The first-order chi connectivity index (χ1) is 10.7. The van der Waals surface area contributed by atoms with Crippen molar-refractivity contribution in [2.45, 2.75) is 25.8 Å². The Kier molecular flexibility index (Phi) is 5.10. The van der Waals surface area contributed by atoms with E-state index in [9.17, 15) is 9.59 Å². The fourth-order valence-corrected chi connectivity index (χ4v) is 2.10. The van der Waals surface area contributed by atoms with Crippen molar-refractivity contribution in [3.63, 3.8) is 0 Å². The molecule has 112 valence electrons. The lowest BCUT2D eigenvalue weighted by molar-refractivity contribution is 0.0942. The van der Waals surface area contributed by atoms with E-state index in [1.807, 2.05) is 6.92 Å². The maximum Gasteiger partial charge on any atom is 0.252 e. The standard InChI is InChI=1S/C17H17N3O2/c1-2-3-15(10-18)20-17(22)13-6-4-12(5-7-13)16(21)14-8-9-19-11-14/h4-9,11,15,19H,2-3H2,1H3,(H,20,22)/t15-/m0/s1. The quantitative estimate of drug-likeness (QED) is 0.803. The Balaban J connectivity index is 2.07. The van der Waals surface area contributed by atoms with Gasteiger partial charge in [-0.3, -0.25) is 9.59 Å². The van der Waals surface area contributed by atoms with E-state index < -0.39 is 6.04 Å². The summed E-state index contributed by atoms with van der Waals surface area (Å²) in [5.41, 5.74) is 1.52. The highest BCUT2D eigenvalue weighted by molar-refractivity contribution is 6.09. The molecule has 5 heteroatoms. The maximum atomic E-state index is 12.1. The average Bonchev–Trinajstić information content (AvgIpc) is 3.08.